The van der Waals surface area contributed by atoms with E-state index in [9.17, 15) is 0 Å². The van der Waals surface area contributed by atoms with Crippen LogP contribution in [0.1, 0.15) is 26.6 Å². The highest BCUT2D eigenvalue weighted by molar-refractivity contribution is 5.38. The lowest BCUT2D eigenvalue weighted by molar-refractivity contribution is 0.0536. The number of rotatable bonds is 8. The smallest absolute Gasteiger partial charge is 0.218 e. The van der Waals surface area contributed by atoms with Crippen LogP contribution < -0.4 is 10.1 Å². The van der Waals surface area contributed by atoms with E-state index >= 15 is 0 Å². The van der Waals surface area contributed by atoms with E-state index in [4.69, 9.17) is 14.2 Å². The third-order valence-electron chi connectivity index (χ3n) is 2.54. The standard InChI is InChI=1S/C14H25N3O3/c1-14(2,3)13-16-11(15-4)10-12(17-13)20-9-8-19-7-6-18-5/h10H,6-9H2,1-5H3,(H,15,16,17). The summed E-state index contributed by atoms with van der Waals surface area (Å²) >= 11 is 0. The molecule has 1 rings (SSSR count). The van der Waals surface area contributed by atoms with Gasteiger partial charge in [0, 0.05) is 25.6 Å². The fourth-order valence-corrected chi connectivity index (χ4v) is 1.41. The minimum Gasteiger partial charge on any atom is -0.475 e. The third-order valence-corrected chi connectivity index (χ3v) is 2.54. The summed E-state index contributed by atoms with van der Waals surface area (Å²) in [5, 5.41) is 3.02. The first kappa shape index (κ1) is 16.7. The van der Waals surface area contributed by atoms with Crippen LogP contribution in [0.2, 0.25) is 0 Å². The van der Waals surface area contributed by atoms with Crippen molar-refractivity contribution in [2.24, 2.45) is 0 Å². The molecule has 0 saturated carbocycles. The van der Waals surface area contributed by atoms with Gasteiger partial charge in [-0.15, -0.1) is 0 Å². The summed E-state index contributed by atoms with van der Waals surface area (Å²) in [5.74, 6) is 2.06. The molecular formula is C14H25N3O3. The second-order valence-electron chi connectivity index (χ2n) is 5.37. The molecule has 0 fully saturated rings. The molecule has 0 amide bonds. The molecule has 114 valence electrons. The summed E-state index contributed by atoms with van der Waals surface area (Å²) in [7, 11) is 3.47. The molecule has 0 atom stereocenters. The van der Waals surface area contributed by atoms with Gasteiger partial charge >= 0.3 is 0 Å². The van der Waals surface area contributed by atoms with E-state index in [1.165, 1.54) is 0 Å². The average Bonchev–Trinajstić information content (AvgIpc) is 2.41. The fourth-order valence-electron chi connectivity index (χ4n) is 1.41. The topological polar surface area (TPSA) is 65.5 Å². The first-order chi connectivity index (χ1) is 9.47. The van der Waals surface area contributed by atoms with Crippen molar-refractivity contribution < 1.29 is 14.2 Å². The molecule has 0 unspecified atom stereocenters. The molecule has 0 saturated heterocycles. The molecule has 6 heteroatoms. The number of anilines is 1. The van der Waals surface area contributed by atoms with Gasteiger partial charge in [-0.3, -0.25) is 0 Å². The predicted molar refractivity (Wildman–Crippen MR) is 78.5 cm³/mol. The van der Waals surface area contributed by atoms with E-state index in [1.54, 1.807) is 13.2 Å². The van der Waals surface area contributed by atoms with Crippen LogP contribution in [0.3, 0.4) is 0 Å². The molecule has 0 bridgehead atoms. The van der Waals surface area contributed by atoms with Crippen LogP contribution in [0, 0.1) is 0 Å². The van der Waals surface area contributed by atoms with Crippen molar-refractivity contribution in [3.8, 4) is 5.88 Å². The van der Waals surface area contributed by atoms with Gasteiger partial charge in [0.05, 0.1) is 19.8 Å². The molecule has 1 aromatic rings. The van der Waals surface area contributed by atoms with E-state index < -0.39 is 0 Å². The normalized spacial score (nSPS) is 11.4. The Bertz CT molecular complexity index is 405. The van der Waals surface area contributed by atoms with E-state index in [0.29, 0.717) is 32.3 Å². The second-order valence-corrected chi connectivity index (χ2v) is 5.37. The highest BCUT2D eigenvalue weighted by Crippen LogP contribution is 2.22. The highest BCUT2D eigenvalue weighted by Gasteiger charge is 2.19. The molecule has 1 N–H and O–H groups in total. The monoisotopic (exact) mass is 283 g/mol. The van der Waals surface area contributed by atoms with Gasteiger partial charge in [0.2, 0.25) is 5.88 Å². The summed E-state index contributed by atoms with van der Waals surface area (Å²) in [4.78, 5) is 8.87. The van der Waals surface area contributed by atoms with Crippen LogP contribution in [0.4, 0.5) is 5.82 Å². The Kier molecular flexibility index (Phi) is 6.67. The van der Waals surface area contributed by atoms with Crippen LogP contribution in [-0.2, 0) is 14.9 Å². The first-order valence-electron chi connectivity index (χ1n) is 6.74. The largest absolute Gasteiger partial charge is 0.475 e. The molecule has 0 aliphatic carbocycles. The number of ether oxygens (including phenoxy) is 3. The van der Waals surface area contributed by atoms with Crippen molar-refractivity contribution in [3.63, 3.8) is 0 Å². The van der Waals surface area contributed by atoms with Crippen molar-refractivity contribution in [2.75, 3.05) is 45.9 Å². The molecule has 0 aliphatic rings. The molecule has 0 aromatic carbocycles. The van der Waals surface area contributed by atoms with Crippen molar-refractivity contribution >= 4 is 5.82 Å². The van der Waals surface area contributed by atoms with Gasteiger partial charge in [-0.05, 0) is 0 Å². The van der Waals surface area contributed by atoms with Gasteiger partial charge in [-0.1, -0.05) is 20.8 Å². The summed E-state index contributed by atoms with van der Waals surface area (Å²) in [6.07, 6.45) is 0. The maximum absolute atomic E-state index is 5.61. The molecule has 20 heavy (non-hydrogen) atoms. The molecular weight excluding hydrogens is 258 g/mol. The minimum absolute atomic E-state index is 0.125. The van der Waals surface area contributed by atoms with Gasteiger partial charge in [0.15, 0.2) is 0 Å². The summed E-state index contributed by atoms with van der Waals surface area (Å²) < 4.78 is 15.8. The van der Waals surface area contributed by atoms with Crippen LogP contribution in [0.25, 0.3) is 0 Å². The van der Waals surface area contributed by atoms with Gasteiger partial charge in [-0.2, -0.15) is 4.98 Å². The Labute approximate surface area is 120 Å². The van der Waals surface area contributed by atoms with Gasteiger partial charge in [0.1, 0.15) is 18.2 Å². The van der Waals surface area contributed by atoms with Crippen LogP contribution >= 0.6 is 0 Å². The fraction of sp³-hybridized carbons (Fsp3) is 0.714. The lowest BCUT2D eigenvalue weighted by Gasteiger charge is -2.18. The Hall–Kier alpha value is -1.40. The third kappa shape index (κ3) is 5.71. The number of nitrogens with one attached hydrogen (secondary N) is 1. The second kappa shape index (κ2) is 8.01. The molecule has 6 nitrogen and oxygen atoms in total. The Balaban J connectivity index is 2.56. The quantitative estimate of drug-likeness (QED) is 0.735. The molecule has 1 aromatic heterocycles. The zero-order valence-corrected chi connectivity index (χ0v) is 13.0. The minimum atomic E-state index is -0.125. The number of methoxy groups -OCH3 is 1. The average molecular weight is 283 g/mol. The number of nitrogens with zero attached hydrogens (tertiary/aromatic N) is 2. The number of aromatic nitrogens is 2. The Morgan fingerprint density at radius 3 is 2.40 bits per heavy atom. The van der Waals surface area contributed by atoms with E-state index in [2.05, 4.69) is 36.1 Å². The maximum Gasteiger partial charge on any atom is 0.218 e. The van der Waals surface area contributed by atoms with Crippen molar-refractivity contribution in [1.82, 2.24) is 9.97 Å². The summed E-state index contributed by atoms with van der Waals surface area (Å²) in [6, 6.07) is 1.78. The molecule has 0 radical (unpaired) electrons. The summed E-state index contributed by atoms with van der Waals surface area (Å²) in [6.45, 7) is 8.32. The van der Waals surface area contributed by atoms with E-state index in [1.807, 2.05) is 7.05 Å². The highest BCUT2D eigenvalue weighted by atomic mass is 16.5. The molecule has 0 aliphatic heterocycles. The van der Waals surface area contributed by atoms with Gasteiger partial charge in [0.25, 0.3) is 0 Å². The van der Waals surface area contributed by atoms with Crippen LogP contribution in [0.5, 0.6) is 5.88 Å². The van der Waals surface area contributed by atoms with Crippen molar-refractivity contribution in [2.45, 2.75) is 26.2 Å². The zero-order valence-electron chi connectivity index (χ0n) is 13.0. The van der Waals surface area contributed by atoms with E-state index in [-0.39, 0.29) is 5.41 Å². The SMILES string of the molecule is CNc1cc(OCCOCCOC)nc(C(C)(C)C)n1. The van der Waals surface area contributed by atoms with Crippen LogP contribution in [-0.4, -0.2) is 50.6 Å². The van der Waals surface area contributed by atoms with Gasteiger partial charge < -0.3 is 19.5 Å². The van der Waals surface area contributed by atoms with Crippen molar-refractivity contribution in [1.29, 1.82) is 0 Å². The number of hydrogen-bond donors (Lipinski definition) is 1. The lowest BCUT2D eigenvalue weighted by Crippen LogP contribution is -2.18. The van der Waals surface area contributed by atoms with Crippen molar-refractivity contribution in [3.05, 3.63) is 11.9 Å². The van der Waals surface area contributed by atoms with Crippen LogP contribution in [0.15, 0.2) is 6.07 Å². The summed E-state index contributed by atoms with van der Waals surface area (Å²) in [5.41, 5.74) is -0.125. The maximum atomic E-state index is 5.61. The predicted octanol–water partition coefficient (Wildman–Crippen LogP) is 1.86. The van der Waals surface area contributed by atoms with Gasteiger partial charge in [-0.25, -0.2) is 4.98 Å². The number of hydrogen-bond acceptors (Lipinski definition) is 6. The lowest BCUT2D eigenvalue weighted by atomic mass is 9.96. The molecule has 0 spiro atoms. The zero-order chi connectivity index (χ0) is 15.0. The van der Waals surface area contributed by atoms with E-state index in [0.717, 1.165) is 11.6 Å². The molecule has 1 heterocycles. The first-order valence-corrected chi connectivity index (χ1v) is 6.74. The Morgan fingerprint density at radius 2 is 1.80 bits per heavy atom. The Morgan fingerprint density at radius 1 is 1.10 bits per heavy atom.